The summed E-state index contributed by atoms with van der Waals surface area (Å²) in [6.07, 6.45) is -0.313. The highest BCUT2D eigenvalue weighted by Gasteiger charge is 2.16. The average Bonchev–Trinajstić information content (AvgIpc) is 2.77. The molecular formula is C21H27N3O6S. The highest BCUT2D eigenvalue weighted by Crippen LogP contribution is 2.18. The van der Waals surface area contributed by atoms with E-state index in [1.807, 2.05) is 6.92 Å². The number of ether oxygens (including phenoxy) is 2. The topological polar surface area (TPSA) is 123 Å². The molecule has 1 atom stereocenters. The number of carbonyl (C=O) groups is 2. The van der Waals surface area contributed by atoms with Crippen LogP contribution in [0.1, 0.15) is 25.8 Å². The Morgan fingerprint density at radius 3 is 2.16 bits per heavy atom. The quantitative estimate of drug-likeness (QED) is 0.473. The smallest absolute Gasteiger partial charge is 0.279 e. The number of nitrogens with one attached hydrogen (secondary N) is 3. The van der Waals surface area contributed by atoms with Gasteiger partial charge in [-0.3, -0.25) is 20.4 Å². The summed E-state index contributed by atoms with van der Waals surface area (Å²) in [6.45, 7) is 4.01. The molecule has 2 rings (SSSR count). The Kier molecular flexibility index (Phi) is 8.83. The van der Waals surface area contributed by atoms with Crippen molar-refractivity contribution in [2.24, 2.45) is 0 Å². The molecule has 0 heterocycles. The minimum atomic E-state index is -3.50. The summed E-state index contributed by atoms with van der Waals surface area (Å²) in [4.78, 5) is 24.3. The molecule has 0 aliphatic carbocycles. The second-order valence-electron chi connectivity index (χ2n) is 6.55. The Morgan fingerprint density at radius 1 is 0.968 bits per heavy atom. The van der Waals surface area contributed by atoms with Crippen molar-refractivity contribution in [1.82, 2.24) is 15.6 Å². The first-order valence-electron chi connectivity index (χ1n) is 9.76. The predicted octanol–water partition coefficient (Wildman–Crippen LogP) is 1.54. The van der Waals surface area contributed by atoms with Crippen molar-refractivity contribution in [2.45, 2.75) is 37.7 Å². The molecule has 0 saturated carbocycles. The lowest BCUT2D eigenvalue weighted by Gasteiger charge is -2.15. The van der Waals surface area contributed by atoms with E-state index in [1.165, 1.54) is 19.2 Å². The summed E-state index contributed by atoms with van der Waals surface area (Å²) < 4.78 is 36.5. The largest absolute Gasteiger partial charge is 0.494 e. The van der Waals surface area contributed by atoms with Crippen molar-refractivity contribution in [3.63, 3.8) is 0 Å². The zero-order valence-electron chi connectivity index (χ0n) is 17.7. The normalized spacial score (nSPS) is 12.0. The standard InChI is InChI=1S/C21H27N3O6S/c1-4-29-17-8-10-18(11-9-17)30-15(2)21(26)24-23-20(25)14-7-16-5-12-19(13-6-16)31(27,28)22-3/h5-6,8-13,15,22H,4,7,14H2,1-3H3,(H,23,25)(H,24,26). The third kappa shape index (κ3) is 7.58. The van der Waals surface area contributed by atoms with E-state index in [2.05, 4.69) is 15.6 Å². The molecular weight excluding hydrogens is 422 g/mol. The fourth-order valence-corrected chi connectivity index (χ4v) is 3.28. The second-order valence-corrected chi connectivity index (χ2v) is 8.44. The van der Waals surface area contributed by atoms with Gasteiger partial charge in [0.1, 0.15) is 11.5 Å². The number of carbonyl (C=O) groups excluding carboxylic acids is 2. The van der Waals surface area contributed by atoms with Crippen LogP contribution in [0.5, 0.6) is 11.5 Å². The van der Waals surface area contributed by atoms with Crippen LogP contribution in [0, 0.1) is 0 Å². The molecule has 0 aliphatic rings. The summed E-state index contributed by atoms with van der Waals surface area (Å²) in [5.74, 6) is 0.330. The molecule has 0 bridgehead atoms. The van der Waals surface area contributed by atoms with E-state index in [0.717, 1.165) is 5.56 Å². The van der Waals surface area contributed by atoms with Gasteiger partial charge < -0.3 is 9.47 Å². The molecule has 2 aromatic rings. The van der Waals surface area contributed by atoms with E-state index in [4.69, 9.17) is 9.47 Å². The monoisotopic (exact) mass is 449 g/mol. The van der Waals surface area contributed by atoms with Crippen LogP contribution in [0.4, 0.5) is 0 Å². The zero-order valence-corrected chi connectivity index (χ0v) is 18.5. The lowest BCUT2D eigenvalue weighted by atomic mass is 10.1. The molecule has 2 amide bonds. The van der Waals surface area contributed by atoms with Crippen LogP contribution in [-0.4, -0.2) is 40.0 Å². The third-order valence-electron chi connectivity index (χ3n) is 4.29. The van der Waals surface area contributed by atoms with Crippen LogP contribution in [0.15, 0.2) is 53.4 Å². The molecule has 0 aliphatic heterocycles. The minimum absolute atomic E-state index is 0.118. The van der Waals surface area contributed by atoms with Gasteiger partial charge in [0.15, 0.2) is 6.10 Å². The van der Waals surface area contributed by atoms with Gasteiger partial charge in [0, 0.05) is 6.42 Å². The van der Waals surface area contributed by atoms with Gasteiger partial charge >= 0.3 is 0 Å². The Morgan fingerprint density at radius 2 is 1.58 bits per heavy atom. The van der Waals surface area contributed by atoms with E-state index in [0.29, 0.717) is 24.5 Å². The van der Waals surface area contributed by atoms with Crippen LogP contribution in [0.2, 0.25) is 0 Å². The predicted molar refractivity (Wildman–Crippen MR) is 115 cm³/mol. The first kappa shape index (κ1) is 24.2. The van der Waals surface area contributed by atoms with E-state index < -0.39 is 22.0 Å². The second kappa shape index (κ2) is 11.3. The molecule has 31 heavy (non-hydrogen) atoms. The van der Waals surface area contributed by atoms with Gasteiger partial charge in [0.25, 0.3) is 5.91 Å². The van der Waals surface area contributed by atoms with E-state index in [9.17, 15) is 18.0 Å². The van der Waals surface area contributed by atoms with E-state index in [-0.39, 0.29) is 17.2 Å². The van der Waals surface area contributed by atoms with Crippen LogP contribution in [0.3, 0.4) is 0 Å². The fraction of sp³-hybridized carbons (Fsp3) is 0.333. The molecule has 0 fully saturated rings. The molecule has 168 valence electrons. The van der Waals surface area contributed by atoms with E-state index in [1.54, 1.807) is 43.3 Å². The number of aryl methyl sites for hydroxylation is 1. The molecule has 9 nitrogen and oxygen atoms in total. The Labute approximate surface area is 182 Å². The SMILES string of the molecule is CCOc1ccc(OC(C)C(=O)NNC(=O)CCc2ccc(S(=O)(=O)NC)cc2)cc1. The lowest BCUT2D eigenvalue weighted by Crippen LogP contribution is -2.47. The molecule has 0 radical (unpaired) electrons. The molecule has 0 spiro atoms. The van der Waals surface area contributed by atoms with Gasteiger partial charge in [-0.1, -0.05) is 12.1 Å². The van der Waals surface area contributed by atoms with Gasteiger partial charge in [-0.2, -0.15) is 0 Å². The number of hydrogen-bond donors (Lipinski definition) is 3. The molecule has 10 heteroatoms. The van der Waals surface area contributed by atoms with Crippen LogP contribution >= 0.6 is 0 Å². The van der Waals surface area contributed by atoms with Crippen molar-refractivity contribution in [2.75, 3.05) is 13.7 Å². The van der Waals surface area contributed by atoms with E-state index >= 15 is 0 Å². The summed E-state index contributed by atoms with van der Waals surface area (Å²) in [5.41, 5.74) is 5.47. The van der Waals surface area contributed by atoms with Gasteiger partial charge in [-0.15, -0.1) is 0 Å². The zero-order chi connectivity index (χ0) is 22.9. The van der Waals surface area contributed by atoms with Gasteiger partial charge in [-0.25, -0.2) is 13.1 Å². The maximum atomic E-state index is 12.1. The van der Waals surface area contributed by atoms with Crippen molar-refractivity contribution in [1.29, 1.82) is 0 Å². The van der Waals surface area contributed by atoms with Gasteiger partial charge in [0.2, 0.25) is 15.9 Å². The number of hydrazine groups is 1. The summed E-state index contributed by atoms with van der Waals surface area (Å²) in [6, 6.07) is 13.1. The summed E-state index contributed by atoms with van der Waals surface area (Å²) >= 11 is 0. The Balaban J connectivity index is 1.75. The Hall–Kier alpha value is -3.11. The summed E-state index contributed by atoms with van der Waals surface area (Å²) in [5, 5.41) is 0. The van der Waals surface area contributed by atoms with Crippen molar-refractivity contribution < 1.29 is 27.5 Å². The van der Waals surface area contributed by atoms with Crippen molar-refractivity contribution >= 4 is 21.8 Å². The van der Waals surface area contributed by atoms with Gasteiger partial charge in [0.05, 0.1) is 11.5 Å². The minimum Gasteiger partial charge on any atom is -0.494 e. The lowest BCUT2D eigenvalue weighted by molar-refractivity contribution is -0.132. The average molecular weight is 450 g/mol. The van der Waals surface area contributed by atoms with Gasteiger partial charge in [-0.05, 0) is 69.3 Å². The number of rotatable bonds is 10. The highest BCUT2D eigenvalue weighted by atomic mass is 32.2. The van der Waals surface area contributed by atoms with Crippen LogP contribution in [-0.2, 0) is 26.0 Å². The molecule has 0 aromatic heterocycles. The van der Waals surface area contributed by atoms with Crippen molar-refractivity contribution in [3.05, 3.63) is 54.1 Å². The number of sulfonamides is 1. The molecule has 0 saturated heterocycles. The Bertz CT molecular complexity index is 975. The third-order valence-corrected chi connectivity index (χ3v) is 5.72. The van der Waals surface area contributed by atoms with Crippen molar-refractivity contribution in [3.8, 4) is 11.5 Å². The fourth-order valence-electron chi connectivity index (χ4n) is 2.55. The number of amides is 2. The highest BCUT2D eigenvalue weighted by molar-refractivity contribution is 7.89. The molecule has 3 N–H and O–H groups in total. The van der Waals surface area contributed by atoms with Crippen LogP contribution < -0.4 is 25.0 Å². The molecule has 1 unspecified atom stereocenters. The maximum Gasteiger partial charge on any atom is 0.279 e. The number of benzene rings is 2. The first-order chi connectivity index (χ1) is 14.7. The maximum absolute atomic E-state index is 12.1. The number of hydrogen-bond acceptors (Lipinski definition) is 6. The summed E-state index contributed by atoms with van der Waals surface area (Å²) in [7, 11) is -2.16. The first-order valence-corrected chi connectivity index (χ1v) is 11.2. The molecule has 2 aromatic carbocycles. The van der Waals surface area contributed by atoms with Crippen LogP contribution in [0.25, 0.3) is 0 Å².